The zero-order valence-corrected chi connectivity index (χ0v) is 24.0. The number of alkyl halides is 3. The highest BCUT2D eigenvalue weighted by Crippen LogP contribution is 2.43. The van der Waals surface area contributed by atoms with Crippen LogP contribution in [0.15, 0.2) is 12.4 Å². The fourth-order valence-electron chi connectivity index (χ4n) is 4.87. The largest absolute Gasteiger partial charge is 0.481 e. The summed E-state index contributed by atoms with van der Waals surface area (Å²) in [6, 6.07) is -0.673. The number of carbonyl (C=O) groups excluding carboxylic acids is 1. The van der Waals surface area contributed by atoms with E-state index in [1.807, 2.05) is 20.8 Å². The molecule has 1 aliphatic rings. The molecule has 13 heteroatoms. The van der Waals surface area contributed by atoms with Gasteiger partial charge >= 0.3 is 12.1 Å². The van der Waals surface area contributed by atoms with Gasteiger partial charge in [0.15, 0.2) is 5.69 Å². The minimum atomic E-state index is -4.85. The quantitative estimate of drug-likeness (QED) is 0.373. The van der Waals surface area contributed by atoms with E-state index in [-0.39, 0.29) is 61.1 Å². The van der Waals surface area contributed by atoms with Gasteiger partial charge in [-0.15, -0.1) is 0 Å². The lowest BCUT2D eigenvalue weighted by molar-refractivity contribution is -0.152. The number of hydrogen-bond acceptors (Lipinski definition) is 5. The minimum Gasteiger partial charge on any atom is -0.481 e. The van der Waals surface area contributed by atoms with Crippen LogP contribution < -0.4 is 4.74 Å². The van der Waals surface area contributed by atoms with Crippen LogP contribution in [0.4, 0.5) is 13.2 Å². The summed E-state index contributed by atoms with van der Waals surface area (Å²) in [6.07, 6.45) is -1.55. The van der Waals surface area contributed by atoms with Crippen LogP contribution in [0, 0.1) is 10.8 Å². The van der Waals surface area contributed by atoms with Gasteiger partial charge in [-0.25, -0.2) is 4.98 Å². The molecule has 0 saturated heterocycles. The van der Waals surface area contributed by atoms with Gasteiger partial charge in [0.1, 0.15) is 5.02 Å². The van der Waals surface area contributed by atoms with Gasteiger partial charge in [-0.3, -0.25) is 14.3 Å². The number of pyridine rings is 1. The Kier molecular flexibility index (Phi) is 9.16. The van der Waals surface area contributed by atoms with Crippen molar-refractivity contribution in [3.63, 3.8) is 0 Å². The van der Waals surface area contributed by atoms with Crippen molar-refractivity contribution in [2.24, 2.45) is 10.8 Å². The van der Waals surface area contributed by atoms with Crippen LogP contribution in [-0.4, -0.2) is 56.8 Å². The van der Waals surface area contributed by atoms with Gasteiger partial charge in [-0.2, -0.15) is 18.3 Å². The number of aromatic nitrogens is 3. The first-order chi connectivity index (χ1) is 18.0. The van der Waals surface area contributed by atoms with Gasteiger partial charge in [0.05, 0.1) is 35.3 Å². The number of carbonyl (C=O) groups is 2. The zero-order chi connectivity index (χ0) is 29.3. The maximum atomic E-state index is 14.4. The van der Waals surface area contributed by atoms with Crippen LogP contribution in [0.2, 0.25) is 10.0 Å². The number of aliphatic carboxylic acids is 1. The van der Waals surface area contributed by atoms with E-state index >= 15 is 0 Å². The number of methoxy groups -OCH3 is 1. The molecule has 0 atom stereocenters. The van der Waals surface area contributed by atoms with Crippen molar-refractivity contribution in [3.05, 3.63) is 39.3 Å². The molecule has 0 radical (unpaired) electrons. The molecule has 1 aliphatic carbocycles. The molecular formula is C26H33Cl2F3N4O4. The van der Waals surface area contributed by atoms with E-state index in [4.69, 9.17) is 27.9 Å². The molecule has 2 aromatic rings. The molecule has 0 bridgehead atoms. The van der Waals surface area contributed by atoms with Crippen LogP contribution in [0.3, 0.4) is 0 Å². The first-order valence-corrected chi connectivity index (χ1v) is 13.3. The van der Waals surface area contributed by atoms with Crippen LogP contribution in [-0.2, 0) is 17.4 Å². The third-order valence-corrected chi connectivity index (χ3v) is 7.74. The molecule has 0 aliphatic heterocycles. The highest BCUT2D eigenvalue weighted by atomic mass is 35.5. The van der Waals surface area contributed by atoms with Gasteiger partial charge in [0.25, 0.3) is 5.91 Å². The second kappa shape index (κ2) is 11.5. The first kappa shape index (κ1) is 31.0. The summed E-state index contributed by atoms with van der Waals surface area (Å²) in [6.45, 7) is 7.40. The second-order valence-electron chi connectivity index (χ2n) is 11.4. The number of carboxylic acids is 1. The number of nitrogens with zero attached hydrogens (tertiary/aromatic N) is 4. The third-order valence-electron chi connectivity index (χ3n) is 7.03. The van der Waals surface area contributed by atoms with E-state index in [9.17, 15) is 27.9 Å². The summed E-state index contributed by atoms with van der Waals surface area (Å²) >= 11 is 12.6. The van der Waals surface area contributed by atoms with E-state index in [0.29, 0.717) is 5.56 Å². The zero-order valence-electron chi connectivity index (χ0n) is 22.5. The number of carboxylic acid groups (broad SMARTS) is 1. The van der Waals surface area contributed by atoms with Crippen molar-refractivity contribution in [3.8, 4) is 5.88 Å². The molecule has 1 saturated carbocycles. The van der Waals surface area contributed by atoms with Gasteiger partial charge < -0.3 is 14.7 Å². The molecule has 1 amide bonds. The number of rotatable bonds is 8. The van der Waals surface area contributed by atoms with Crippen molar-refractivity contribution in [2.75, 3.05) is 20.2 Å². The maximum Gasteiger partial charge on any atom is 0.433 e. The van der Waals surface area contributed by atoms with E-state index in [1.165, 1.54) is 18.2 Å². The van der Waals surface area contributed by atoms with Crippen molar-refractivity contribution in [2.45, 2.75) is 72.0 Å². The monoisotopic (exact) mass is 592 g/mol. The Balaban J connectivity index is 1.95. The summed E-state index contributed by atoms with van der Waals surface area (Å²) in [5.74, 6) is -1.64. The van der Waals surface area contributed by atoms with Crippen LogP contribution in [0.5, 0.6) is 5.88 Å². The number of ether oxygens (including phenoxy) is 1. The Morgan fingerprint density at radius 3 is 2.33 bits per heavy atom. The topological polar surface area (TPSA) is 97.5 Å². The Labute approximate surface area is 235 Å². The highest BCUT2D eigenvalue weighted by Gasteiger charge is 2.45. The molecule has 3 rings (SSSR count). The fraction of sp³-hybridized carbons (Fsp3) is 0.615. The molecule has 0 spiro atoms. The number of halogens is 5. The van der Waals surface area contributed by atoms with Crippen LogP contribution in [0.25, 0.3) is 0 Å². The summed E-state index contributed by atoms with van der Waals surface area (Å²) in [5.41, 5.74) is -2.65. The summed E-state index contributed by atoms with van der Waals surface area (Å²) in [4.78, 5) is 30.6. The molecule has 216 valence electrons. The van der Waals surface area contributed by atoms with Crippen molar-refractivity contribution in [1.82, 2.24) is 19.7 Å². The molecule has 1 N–H and O–H groups in total. The van der Waals surface area contributed by atoms with Crippen molar-refractivity contribution < 1.29 is 32.6 Å². The van der Waals surface area contributed by atoms with E-state index in [0.717, 1.165) is 10.9 Å². The Morgan fingerprint density at radius 2 is 1.82 bits per heavy atom. The molecule has 8 nitrogen and oxygen atoms in total. The van der Waals surface area contributed by atoms with Crippen molar-refractivity contribution >= 4 is 35.1 Å². The van der Waals surface area contributed by atoms with Gasteiger partial charge in [0.2, 0.25) is 5.88 Å². The molecular weight excluding hydrogens is 560 g/mol. The SMILES string of the molecule is COc1ncc(Cl)c(CCN(CC(C)(C)C)C(=O)c2cnn(C3CCC(C)(C(=O)O)CC3)c2C(F)(F)F)c1Cl. The lowest BCUT2D eigenvalue weighted by atomic mass is 9.74. The number of hydrogen-bond donors (Lipinski definition) is 1. The Hall–Kier alpha value is -2.53. The standard InChI is InChI=1S/C26H33Cl2F3N4O4/c1-24(2,3)14-34(11-8-16-18(27)13-32-21(39-5)19(16)28)22(36)17-12-33-35(20(17)26(29,30)31)15-6-9-25(4,10-7-15)23(37)38/h12-13,15H,6-11,14H2,1-5H3,(H,37,38). The fourth-order valence-corrected chi connectivity index (χ4v) is 5.48. The van der Waals surface area contributed by atoms with Gasteiger partial charge in [0, 0.05) is 19.3 Å². The van der Waals surface area contributed by atoms with Gasteiger partial charge in [-0.1, -0.05) is 44.0 Å². The molecule has 39 heavy (non-hydrogen) atoms. The maximum absolute atomic E-state index is 14.4. The summed E-state index contributed by atoms with van der Waals surface area (Å²) < 4.78 is 49.2. The van der Waals surface area contributed by atoms with Crippen LogP contribution in [0.1, 0.15) is 81.0 Å². The van der Waals surface area contributed by atoms with Crippen LogP contribution >= 0.6 is 23.2 Å². The smallest absolute Gasteiger partial charge is 0.433 e. The first-order valence-electron chi connectivity index (χ1n) is 12.5. The predicted molar refractivity (Wildman–Crippen MR) is 140 cm³/mol. The number of amides is 1. The normalized spacial score (nSPS) is 20.1. The average Bonchev–Trinajstić information content (AvgIpc) is 3.28. The minimum absolute atomic E-state index is 0.0333. The lowest BCUT2D eigenvalue weighted by Crippen LogP contribution is -2.40. The van der Waals surface area contributed by atoms with Crippen molar-refractivity contribution in [1.29, 1.82) is 0 Å². The molecule has 2 heterocycles. The predicted octanol–water partition coefficient (Wildman–Crippen LogP) is 6.55. The van der Waals surface area contributed by atoms with E-state index in [1.54, 1.807) is 6.92 Å². The highest BCUT2D eigenvalue weighted by molar-refractivity contribution is 6.36. The third kappa shape index (κ3) is 6.98. The van der Waals surface area contributed by atoms with E-state index in [2.05, 4.69) is 10.1 Å². The summed E-state index contributed by atoms with van der Waals surface area (Å²) in [7, 11) is 1.39. The molecule has 0 unspecified atom stereocenters. The lowest BCUT2D eigenvalue weighted by Gasteiger charge is -2.34. The van der Waals surface area contributed by atoms with Gasteiger partial charge in [-0.05, 0) is 50.0 Å². The molecule has 1 fully saturated rings. The Bertz CT molecular complexity index is 1220. The Morgan fingerprint density at radius 1 is 1.21 bits per heavy atom. The summed E-state index contributed by atoms with van der Waals surface area (Å²) in [5, 5.41) is 13.9. The average molecular weight is 593 g/mol. The molecule has 2 aromatic heterocycles. The second-order valence-corrected chi connectivity index (χ2v) is 12.2. The van der Waals surface area contributed by atoms with E-state index < -0.39 is 46.2 Å². The molecule has 0 aromatic carbocycles.